The van der Waals surface area contributed by atoms with Gasteiger partial charge in [0.25, 0.3) is 0 Å². The number of likely N-dealkylation sites (N-methyl/N-ethyl adjacent to an activating group) is 1. The number of ketones is 2. The van der Waals surface area contributed by atoms with Crippen molar-refractivity contribution in [3.63, 3.8) is 0 Å². The maximum atomic E-state index is 12.6. The summed E-state index contributed by atoms with van der Waals surface area (Å²) in [6, 6.07) is -0.221. The van der Waals surface area contributed by atoms with E-state index < -0.39 is 0 Å². The topological polar surface area (TPSA) is 46.2 Å². The van der Waals surface area contributed by atoms with Crippen molar-refractivity contribution in [1.82, 2.24) is 5.32 Å². The second-order valence-corrected chi connectivity index (χ2v) is 7.62. The van der Waals surface area contributed by atoms with E-state index in [0.29, 0.717) is 0 Å². The molecule has 0 aliphatic heterocycles. The second-order valence-electron chi connectivity index (χ2n) is 7.62. The highest BCUT2D eigenvalue weighted by Crippen LogP contribution is 2.35. The van der Waals surface area contributed by atoms with Crippen molar-refractivity contribution in [3.05, 3.63) is 0 Å². The fourth-order valence-corrected chi connectivity index (χ4v) is 2.86. The zero-order valence-corrected chi connectivity index (χ0v) is 14.6. The number of carbonyl (C=O) groups is 2. The number of carbonyl (C=O) groups excluding carboxylic acids is 2. The molecule has 118 valence electrons. The second kappa shape index (κ2) is 7.35. The normalized spacial score (nSPS) is 15.8. The van der Waals surface area contributed by atoms with Crippen LogP contribution >= 0.6 is 0 Å². The van der Waals surface area contributed by atoms with E-state index in [9.17, 15) is 9.59 Å². The first kappa shape index (κ1) is 19.3. The van der Waals surface area contributed by atoms with Gasteiger partial charge in [0.2, 0.25) is 0 Å². The maximum absolute atomic E-state index is 12.6. The lowest BCUT2D eigenvalue weighted by Crippen LogP contribution is -2.51. The summed E-state index contributed by atoms with van der Waals surface area (Å²) in [7, 11) is 1.83. The average Bonchev–Trinajstić information content (AvgIpc) is 2.27. The van der Waals surface area contributed by atoms with Gasteiger partial charge in [-0.15, -0.1) is 0 Å². The molecule has 2 atom stereocenters. The zero-order valence-electron chi connectivity index (χ0n) is 14.6. The standard InChI is InChI=1S/C17H33NO2/c1-9-10-13(12(2)19)11-17(6,7)14(18-8)15(20)16(3,4)5/h13-14,18H,9-11H2,1-8H3. The van der Waals surface area contributed by atoms with Crippen LogP contribution in [0.5, 0.6) is 0 Å². The number of nitrogens with one attached hydrogen (secondary N) is 1. The first-order valence-corrected chi connectivity index (χ1v) is 7.69. The summed E-state index contributed by atoms with van der Waals surface area (Å²) in [5.74, 6) is 0.500. The molecule has 0 heterocycles. The largest absolute Gasteiger partial charge is 0.310 e. The van der Waals surface area contributed by atoms with E-state index in [0.717, 1.165) is 19.3 Å². The Balaban J connectivity index is 5.15. The van der Waals surface area contributed by atoms with Crippen LogP contribution in [0.25, 0.3) is 0 Å². The molecule has 0 aromatic rings. The summed E-state index contributed by atoms with van der Waals surface area (Å²) in [5, 5.41) is 3.17. The van der Waals surface area contributed by atoms with Crippen LogP contribution in [-0.4, -0.2) is 24.7 Å². The van der Waals surface area contributed by atoms with Gasteiger partial charge in [0, 0.05) is 11.3 Å². The fraction of sp³-hybridized carbons (Fsp3) is 0.882. The van der Waals surface area contributed by atoms with Crippen LogP contribution in [0.4, 0.5) is 0 Å². The lowest BCUT2D eigenvalue weighted by molar-refractivity contribution is -0.132. The van der Waals surface area contributed by atoms with Gasteiger partial charge in [0.15, 0.2) is 5.78 Å². The SMILES string of the molecule is CCCC(CC(C)(C)C(NC)C(=O)C(C)(C)C)C(C)=O. The molecule has 0 rings (SSSR count). The molecule has 0 aliphatic rings. The summed E-state index contributed by atoms with van der Waals surface area (Å²) in [6.07, 6.45) is 2.65. The van der Waals surface area contributed by atoms with Crippen LogP contribution in [0.2, 0.25) is 0 Å². The van der Waals surface area contributed by atoms with Gasteiger partial charge >= 0.3 is 0 Å². The van der Waals surface area contributed by atoms with Crippen LogP contribution in [0.15, 0.2) is 0 Å². The lowest BCUT2D eigenvalue weighted by Gasteiger charge is -2.38. The molecule has 0 bridgehead atoms. The fourth-order valence-electron chi connectivity index (χ4n) is 2.86. The molecular weight excluding hydrogens is 250 g/mol. The minimum atomic E-state index is -0.374. The summed E-state index contributed by atoms with van der Waals surface area (Å²) < 4.78 is 0. The molecule has 20 heavy (non-hydrogen) atoms. The van der Waals surface area contributed by atoms with Crippen LogP contribution in [0.1, 0.15) is 67.7 Å². The van der Waals surface area contributed by atoms with Gasteiger partial charge in [-0.1, -0.05) is 48.0 Å². The molecule has 3 nitrogen and oxygen atoms in total. The summed E-state index contributed by atoms with van der Waals surface area (Å²) in [4.78, 5) is 24.4. The Hall–Kier alpha value is -0.700. The lowest BCUT2D eigenvalue weighted by atomic mass is 9.69. The van der Waals surface area contributed by atoms with Crippen molar-refractivity contribution in [2.24, 2.45) is 16.7 Å². The molecule has 0 spiro atoms. The predicted octanol–water partition coefficient (Wildman–Crippen LogP) is 3.61. The summed E-state index contributed by atoms with van der Waals surface area (Å²) in [5.41, 5.74) is -0.605. The Morgan fingerprint density at radius 2 is 1.60 bits per heavy atom. The van der Waals surface area contributed by atoms with Crippen molar-refractivity contribution in [2.75, 3.05) is 7.05 Å². The molecule has 1 N–H and O–H groups in total. The first-order chi connectivity index (χ1) is 8.97. The van der Waals surface area contributed by atoms with Gasteiger partial charge in [0.05, 0.1) is 6.04 Å². The Kier molecular flexibility index (Phi) is 7.09. The summed E-state index contributed by atoms with van der Waals surface area (Å²) >= 11 is 0. The zero-order chi connectivity index (χ0) is 16.1. The Morgan fingerprint density at radius 1 is 1.10 bits per heavy atom. The monoisotopic (exact) mass is 283 g/mol. The van der Waals surface area contributed by atoms with Crippen molar-refractivity contribution >= 4 is 11.6 Å². The minimum absolute atomic E-state index is 0.0543. The molecule has 0 aromatic heterocycles. The Labute approximate surface area is 124 Å². The highest BCUT2D eigenvalue weighted by Gasteiger charge is 2.40. The van der Waals surface area contributed by atoms with Gasteiger partial charge in [-0.2, -0.15) is 0 Å². The van der Waals surface area contributed by atoms with Crippen LogP contribution in [0.3, 0.4) is 0 Å². The van der Waals surface area contributed by atoms with Gasteiger partial charge in [-0.25, -0.2) is 0 Å². The molecule has 0 aliphatic carbocycles. The summed E-state index contributed by atoms with van der Waals surface area (Å²) in [6.45, 7) is 13.8. The quantitative estimate of drug-likeness (QED) is 0.740. The Bertz CT molecular complexity index is 339. The first-order valence-electron chi connectivity index (χ1n) is 7.69. The van der Waals surface area contributed by atoms with Crippen molar-refractivity contribution in [2.45, 2.75) is 73.8 Å². The maximum Gasteiger partial charge on any atom is 0.155 e. The predicted molar refractivity (Wildman–Crippen MR) is 84.8 cm³/mol. The van der Waals surface area contributed by atoms with Gasteiger partial charge in [0.1, 0.15) is 5.78 Å². The molecule has 0 amide bonds. The molecule has 0 saturated carbocycles. The van der Waals surface area contributed by atoms with Gasteiger partial charge in [-0.05, 0) is 32.2 Å². The van der Waals surface area contributed by atoms with E-state index in [1.165, 1.54) is 0 Å². The molecule has 3 heteroatoms. The molecule has 0 aromatic carbocycles. The number of hydrogen-bond donors (Lipinski definition) is 1. The van der Waals surface area contributed by atoms with E-state index in [1.807, 2.05) is 27.8 Å². The highest BCUT2D eigenvalue weighted by atomic mass is 16.1. The molecule has 2 unspecified atom stereocenters. The average molecular weight is 283 g/mol. The van der Waals surface area contributed by atoms with E-state index in [1.54, 1.807) is 6.92 Å². The molecule has 0 radical (unpaired) electrons. The third-order valence-corrected chi connectivity index (χ3v) is 4.06. The molecule has 0 saturated heterocycles. The van der Waals surface area contributed by atoms with E-state index in [-0.39, 0.29) is 34.4 Å². The third kappa shape index (κ3) is 5.35. The van der Waals surface area contributed by atoms with Crippen molar-refractivity contribution in [1.29, 1.82) is 0 Å². The molecule has 0 fully saturated rings. The van der Waals surface area contributed by atoms with Crippen LogP contribution in [-0.2, 0) is 9.59 Å². The Morgan fingerprint density at radius 3 is 1.90 bits per heavy atom. The molecular formula is C17H33NO2. The smallest absolute Gasteiger partial charge is 0.155 e. The number of rotatable bonds is 8. The third-order valence-electron chi connectivity index (χ3n) is 4.06. The van der Waals surface area contributed by atoms with E-state index in [2.05, 4.69) is 26.1 Å². The van der Waals surface area contributed by atoms with Crippen molar-refractivity contribution < 1.29 is 9.59 Å². The highest BCUT2D eigenvalue weighted by molar-refractivity contribution is 5.89. The number of hydrogen-bond acceptors (Lipinski definition) is 3. The van der Waals surface area contributed by atoms with Crippen LogP contribution in [0, 0.1) is 16.7 Å². The minimum Gasteiger partial charge on any atom is -0.310 e. The number of Topliss-reactive ketones (excluding diaryl/α,β-unsaturated/α-hetero) is 2. The van der Waals surface area contributed by atoms with E-state index >= 15 is 0 Å². The van der Waals surface area contributed by atoms with Crippen molar-refractivity contribution in [3.8, 4) is 0 Å². The van der Waals surface area contributed by atoms with E-state index in [4.69, 9.17) is 0 Å². The van der Waals surface area contributed by atoms with Gasteiger partial charge in [-0.3, -0.25) is 9.59 Å². The van der Waals surface area contributed by atoms with Crippen LogP contribution < -0.4 is 5.32 Å². The van der Waals surface area contributed by atoms with Gasteiger partial charge < -0.3 is 5.32 Å².